The zero-order chi connectivity index (χ0) is 16.3. The molecule has 0 heterocycles. The monoisotopic (exact) mass is 314 g/mol. The van der Waals surface area contributed by atoms with Crippen LogP contribution in [0.25, 0.3) is 0 Å². The Labute approximate surface area is 138 Å². The number of hydrazine groups is 1. The van der Waals surface area contributed by atoms with Crippen molar-refractivity contribution in [3.8, 4) is 11.5 Å². The maximum atomic E-state index is 5.86. The molecule has 0 aromatic heterocycles. The summed E-state index contributed by atoms with van der Waals surface area (Å²) in [6, 6.07) is 16.1. The third kappa shape index (κ3) is 5.83. The van der Waals surface area contributed by atoms with Crippen LogP contribution in [0, 0.1) is 0 Å². The van der Waals surface area contributed by atoms with Crippen LogP contribution in [0.3, 0.4) is 0 Å². The summed E-state index contributed by atoms with van der Waals surface area (Å²) in [5.41, 5.74) is 8.57. The number of anilines is 1. The summed E-state index contributed by atoms with van der Waals surface area (Å²) >= 11 is 0. The Kier molecular flexibility index (Phi) is 7.27. The van der Waals surface area contributed by atoms with E-state index in [1.54, 1.807) is 7.11 Å². The summed E-state index contributed by atoms with van der Waals surface area (Å²) in [5.74, 6) is 1.59. The van der Waals surface area contributed by atoms with Gasteiger partial charge >= 0.3 is 0 Å². The Balaban J connectivity index is 1.88. The van der Waals surface area contributed by atoms with E-state index in [0.29, 0.717) is 6.54 Å². The number of benzene rings is 2. The van der Waals surface area contributed by atoms with E-state index in [1.165, 1.54) is 12.8 Å². The normalized spacial score (nSPS) is 10.3. The Morgan fingerprint density at radius 1 is 0.957 bits per heavy atom. The molecule has 0 spiro atoms. The van der Waals surface area contributed by atoms with E-state index in [9.17, 15) is 0 Å². The lowest BCUT2D eigenvalue weighted by atomic mass is 10.2. The van der Waals surface area contributed by atoms with E-state index in [0.717, 1.165) is 35.8 Å². The van der Waals surface area contributed by atoms with Crippen molar-refractivity contribution in [3.05, 3.63) is 54.1 Å². The Hall–Kier alpha value is -2.20. The highest BCUT2D eigenvalue weighted by molar-refractivity contribution is 5.44. The van der Waals surface area contributed by atoms with Gasteiger partial charge in [0.05, 0.1) is 13.7 Å². The van der Waals surface area contributed by atoms with Crippen LogP contribution in [0.1, 0.15) is 31.7 Å². The minimum absolute atomic E-state index is 0.699. The van der Waals surface area contributed by atoms with Gasteiger partial charge in [-0.3, -0.25) is 0 Å². The molecule has 0 aliphatic heterocycles. The summed E-state index contributed by atoms with van der Waals surface area (Å²) in [4.78, 5) is 0. The average Bonchev–Trinajstić information content (AvgIpc) is 2.60. The molecule has 0 amide bonds. The summed E-state index contributed by atoms with van der Waals surface area (Å²) in [6.45, 7) is 3.61. The summed E-state index contributed by atoms with van der Waals surface area (Å²) in [7, 11) is 1.67. The molecule has 0 saturated heterocycles. The first-order chi connectivity index (χ1) is 11.3. The molecule has 2 aromatic carbocycles. The Morgan fingerprint density at radius 3 is 2.52 bits per heavy atom. The second kappa shape index (κ2) is 9.74. The lowest BCUT2D eigenvalue weighted by Crippen LogP contribution is -2.20. The highest BCUT2D eigenvalue weighted by atomic mass is 16.5. The fourth-order valence-corrected chi connectivity index (χ4v) is 2.25. The van der Waals surface area contributed by atoms with Gasteiger partial charge in [-0.25, -0.2) is 5.43 Å². The fourth-order valence-electron chi connectivity index (χ4n) is 2.25. The molecule has 23 heavy (non-hydrogen) atoms. The van der Waals surface area contributed by atoms with E-state index >= 15 is 0 Å². The van der Waals surface area contributed by atoms with Gasteiger partial charge in [0.15, 0.2) is 11.5 Å². The van der Waals surface area contributed by atoms with Crippen LogP contribution in [0.5, 0.6) is 11.5 Å². The van der Waals surface area contributed by atoms with Crippen LogP contribution in [-0.4, -0.2) is 13.7 Å². The number of nitrogens with one attached hydrogen (secondary N) is 2. The Bertz CT molecular complexity index is 573. The van der Waals surface area contributed by atoms with Crippen LogP contribution < -0.4 is 20.3 Å². The maximum absolute atomic E-state index is 5.86. The van der Waals surface area contributed by atoms with Gasteiger partial charge in [0, 0.05) is 12.2 Å². The van der Waals surface area contributed by atoms with Gasteiger partial charge in [-0.15, -0.1) is 0 Å². The van der Waals surface area contributed by atoms with Gasteiger partial charge in [-0.2, -0.15) is 0 Å². The van der Waals surface area contributed by atoms with Crippen LogP contribution in [0.2, 0.25) is 0 Å². The number of unbranched alkanes of at least 4 members (excludes halogenated alkanes) is 2. The third-order valence-electron chi connectivity index (χ3n) is 3.53. The molecule has 4 nitrogen and oxygen atoms in total. The molecule has 0 aliphatic rings. The highest BCUT2D eigenvalue weighted by Gasteiger charge is 2.06. The molecule has 124 valence electrons. The summed E-state index contributed by atoms with van der Waals surface area (Å²) < 4.78 is 11.2. The number of hydrogen-bond donors (Lipinski definition) is 2. The predicted octanol–water partition coefficient (Wildman–Crippen LogP) is 4.38. The van der Waals surface area contributed by atoms with E-state index in [2.05, 4.69) is 17.8 Å². The van der Waals surface area contributed by atoms with Crippen molar-refractivity contribution in [2.45, 2.75) is 32.7 Å². The molecule has 0 unspecified atom stereocenters. The number of hydrogen-bond acceptors (Lipinski definition) is 4. The van der Waals surface area contributed by atoms with Crippen molar-refractivity contribution in [1.82, 2.24) is 5.43 Å². The molecule has 4 heteroatoms. The number of methoxy groups -OCH3 is 1. The predicted molar refractivity (Wildman–Crippen MR) is 94.9 cm³/mol. The topological polar surface area (TPSA) is 42.5 Å². The minimum atomic E-state index is 0.699. The number of para-hydroxylation sites is 1. The summed E-state index contributed by atoms with van der Waals surface area (Å²) in [6.07, 6.45) is 3.44. The first kappa shape index (κ1) is 17.2. The quantitative estimate of drug-likeness (QED) is 0.504. The van der Waals surface area contributed by atoms with E-state index in [-0.39, 0.29) is 0 Å². The largest absolute Gasteiger partial charge is 0.493 e. The van der Waals surface area contributed by atoms with E-state index in [1.807, 2.05) is 48.5 Å². The number of ether oxygens (including phenoxy) is 2. The van der Waals surface area contributed by atoms with Crippen molar-refractivity contribution in [1.29, 1.82) is 0 Å². The molecule has 0 aliphatic carbocycles. The Morgan fingerprint density at radius 2 is 1.78 bits per heavy atom. The van der Waals surface area contributed by atoms with Crippen molar-refractivity contribution in [2.24, 2.45) is 0 Å². The molecule has 0 fully saturated rings. The molecule has 2 aromatic rings. The van der Waals surface area contributed by atoms with Crippen LogP contribution in [-0.2, 0) is 6.54 Å². The molecule has 0 saturated carbocycles. The van der Waals surface area contributed by atoms with E-state index < -0.39 is 0 Å². The second-order valence-corrected chi connectivity index (χ2v) is 5.39. The molecule has 0 atom stereocenters. The van der Waals surface area contributed by atoms with Crippen LogP contribution in [0.15, 0.2) is 48.5 Å². The maximum Gasteiger partial charge on any atom is 0.161 e. The molecule has 2 rings (SSSR count). The van der Waals surface area contributed by atoms with Crippen LogP contribution in [0.4, 0.5) is 5.69 Å². The van der Waals surface area contributed by atoms with Gasteiger partial charge in [-0.05, 0) is 36.2 Å². The van der Waals surface area contributed by atoms with Gasteiger partial charge in [0.1, 0.15) is 0 Å². The van der Waals surface area contributed by atoms with Crippen molar-refractivity contribution in [3.63, 3.8) is 0 Å². The first-order valence-electron chi connectivity index (χ1n) is 8.17. The average molecular weight is 314 g/mol. The number of rotatable bonds is 10. The SMILES string of the molecule is CCCCCOc1cc(CNNc2ccccc2)ccc1OC. The van der Waals surface area contributed by atoms with Gasteiger partial charge in [0.25, 0.3) is 0 Å². The van der Waals surface area contributed by atoms with Crippen molar-refractivity contribution in [2.75, 3.05) is 19.1 Å². The van der Waals surface area contributed by atoms with Gasteiger partial charge in [0.2, 0.25) is 0 Å². The lowest BCUT2D eigenvalue weighted by molar-refractivity contribution is 0.285. The first-order valence-corrected chi connectivity index (χ1v) is 8.17. The standard InChI is InChI=1S/C19H26N2O2/c1-3-4-8-13-23-19-14-16(11-12-18(19)22-2)15-20-21-17-9-6-5-7-10-17/h5-7,9-12,14,20-21H,3-4,8,13,15H2,1-2H3. The zero-order valence-corrected chi connectivity index (χ0v) is 14.0. The van der Waals surface area contributed by atoms with Crippen molar-refractivity contribution < 1.29 is 9.47 Å². The summed E-state index contributed by atoms with van der Waals surface area (Å²) in [5, 5.41) is 0. The van der Waals surface area contributed by atoms with Gasteiger partial charge < -0.3 is 14.9 Å². The third-order valence-corrected chi connectivity index (χ3v) is 3.53. The lowest BCUT2D eigenvalue weighted by Gasteiger charge is -2.13. The smallest absolute Gasteiger partial charge is 0.161 e. The minimum Gasteiger partial charge on any atom is -0.493 e. The zero-order valence-electron chi connectivity index (χ0n) is 14.0. The molecule has 0 radical (unpaired) electrons. The van der Waals surface area contributed by atoms with Crippen molar-refractivity contribution >= 4 is 5.69 Å². The van der Waals surface area contributed by atoms with Crippen LogP contribution >= 0.6 is 0 Å². The molecular weight excluding hydrogens is 288 g/mol. The molecule has 2 N–H and O–H groups in total. The highest BCUT2D eigenvalue weighted by Crippen LogP contribution is 2.28. The fraction of sp³-hybridized carbons (Fsp3) is 0.368. The second-order valence-electron chi connectivity index (χ2n) is 5.39. The molecular formula is C19H26N2O2. The molecule has 0 bridgehead atoms. The van der Waals surface area contributed by atoms with E-state index in [4.69, 9.17) is 9.47 Å². The van der Waals surface area contributed by atoms with Gasteiger partial charge in [-0.1, -0.05) is 44.0 Å².